The number of thiol groups is 1. The van der Waals surface area contributed by atoms with Crippen LogP contribution in [-0.4, -0.2) is 69.9 Å². The van der Waals surface area contributed by atoms with Crippen LogP contribution in [0.25, 0.3) is 0 Å². The first kappa shape index (κ1) is 22.1. The SMILES string of the molecule is CC(N)C(=O)NC(C)C(=O)NC(CS)C(=O)NC(C(=O)O)C(C)O. The van der Waals surface area contributed by atoms with E-state index in [1.807, 2.05) is 0 Å². The van der Waals surface area contributed by atoms with E-state index in [0.717, 1.165) is 0 Å². The monoisotopic (exact) mass is 364 g/mol. The highest BCUT2D eigenvalue weighted by Crippen LogP contribution is 1.97. The van der Waals surface area contributed by atoms with Crippen molar-refractivity contribution in [3.63, 3.8) is 0 Å². The lowest BCUT2D eigenvalue weighted by Gasteiger charge is -2.23. The van der Waals surface area contributed by atoms with Crippen LogP contribution in [-0.2, 0) is 19.2 Å². The summed E-state index contributed by atoms with van der Waals surface area (Å²) in [5.74, 6) is -3.55. The molecule has 138 valence electrons. The zero-order valence-corrected chi connectivity index (χ0v) is 14.5. The molecule has 10 nitrogen and oxygen atoms in total. The zero-order valence-electron chi connectivity index (χ0n) is 13.6. The first-order valence-electron chi connectivity index (χ1n) is 7.19. The molecule has 0 radical (unpaired) electrons. The summed E-state index contributed by atoms with van der Waals surface area (Å²) in [7, 11) is 0. The highest BCUT2D eigenvalue weighted by molar-refractivity contribution is 7.80. The maximum Gasteiger partial charge on any atom is 0.328 e. The number of aliphatic carboxylic acids is 1. The Morgan fingerprint density at radius 3 is 1.92 bits per heavy atom. The van der Waals surface area contributed by atoms with E-state index in [2.05, 4.69) is 28.6 Å². The molecule has 0 fully saturated rings. The number of nitrogens with two attached hydrogens (primary N) is 1. The predicted octanol–water partition coefficient (Wildman–Crippen LogP) is -2.80. The van der Waals surface area contributed by atoms with E-state index in [0.29, 0.717) is 0 Å². The Bertz CT molecular complexity index is 485. The number of hydrogen-bond acceptors (Lipinski definition) is 7. The van der Waals surface area contributed by atoms with Crippen molar-refractivity contribution >= 4 is 36.3 Å². The van der Waals surface area contributed by atoms with Crippen molar-refractivity contribution in [2.75, 3.05) is 5.75 Å². The molecule has 7 N–H and O–H groups in total. The van der Waals surface area contributed by atoms with Crippen molar-refractivity contribution in [2.45, 2.75) is 51.0 Å². The quantitative estimate of drug-likeness (QED) is 0.217. The summed E-state index contributed by atoms with van der Waals surface area (Å²) in [5.41, 5.74) is 5.37. The first-order chi connectivity index (χ1) is 11.0. The molecule has 0 aliphatic heterocycles. The summed E-state index contributed by atoms with van der Waals surface area (Å²) in [6, 6.07) is -4.42. The average Bonchev–Trinajstić information content (AvgIpc) is 2.48. The number of amides is 3. The standard InChI is InChI=1S/C13H24N4O6S/c1-5(14)10(19)15-6(2)11(20)16-8(4-24)12(21)17-9(7(3)18)13(22)23/h5-9,18,24H,4,14H2,1-3H3,(H,15,19)(H,16,20)(H,17,21)(H,22,23). The van der Waals surface area contributed by atoms with Crippen LogP contribution in [0.2, 0.25) is 0 Å². The van der Waals surface area contributed by atoms with Gasteiger partial charge in [-0.15, -0.1) is 0 Å². The van der Waals surface area contributed by atoms with Crippen LogP contribution in [0.5, 0.6) is 0 Å². The topological polar surface area (TPSA) is 171 Å². The van der Waals surface area contributed by atoms with Gasteiger partial charge in [-0.05, 0) is 20.8 Å². The maximum atomic E-state index is 12.0. The molecule has 0 rings (SSSR count). The summed E-state index contributed by atoms with van der Waals surface area (Å²) in [6.45, 7) is 4.06. The Balaban J connectivity index is 4.79. The van der Waals surface area contributed by atoms with E-state index in [-0.39, 0.29) is 5.75 Å². The van der Waals surface area contributed by atoms with Crippen LogP contribution in [0.4, 0.5) is 0 Å². The van der Waals surface area contributed by atoms with Gasteiger partial charge in [0.2, 0.25) is 17.7 Å². The van der Waals surface area contributed by atoms with Gasteiger partial charge < -0.3 is 31.9 Å². The summed E-state index contributed by atoms with van der Waals surface area (Å²) in [4.78, 5) is 46.4. The number of aliphatic hydroxyl groups is 1. The Morgan fingerprint density at radius 1 is 1.00 bits per heavy atom. The number of carboxylic acids is 1. The maximum absolute atomic E-state index is 12.0. The summed E-state index contributed by atoms with van der Waals surface area (Å²) < 4.78 is 0. The molecule has 0 aromatic heterocycles. The van der Waals surface area contributed by atoms with Crippen molar-refractivity contribution in [2.24, 2.45) is 5.73 Å². The molecule has 5 unspecified atom stereocenters. The second-order valence-electron chi connectivity index (χ2n) is 5.33. The number of carboxylic acid groups (broad SMARTS) is 1. The average molecular weight is 364 g/mol. The highest BCUT2D eigenvalue weighted by atomic mass is 32.1. The molecule has 0 saturated carbocycles. The smallest absolute Gasteiger partial charge is 0.328 e. The molecule has 0 bridgehead atoms. The van der Waals surface area contributed by atoms with Gasteiger partial charge in [0, 0.05) is 5.75 Å². The van der Waals surface area contributed by atoms with Crippen molar-refractivity contribution in [3.05, 3.63) is 0 Å². The van der Waals surface area contributed by atoms with E-state index in [1.54, 1.807) is 0 Å². The lowest BCUT2D eigenvalue weighted by molar-refractivity contribution is -0.145. The fourth-order valence-corrected chi connectivity index (χ4v) is 1.80. The third-order valence-corrected chi connectivity index (χ3v) is 3.39. The molecule has 0 aromatic carbocycles. The molecule has 0 aliphatic rings. The molecule has 0 saturated heterocycles. The highest BCUT2D eigenvalue weighted by Gasteiger charge is 2.29. The van der Waals surface area contributed by atoms with E-state index >= 15 is 0 Å². The van der Waals surface area contributed by atoms with Gasteiger partial charge in [0.25, 0.3) is 0 Å². The fraction of sp³-hybridized carbons (Fsp3) is 0.692. The molecule has 0 aliphatic carbocycles. The van der Waals surface area contributed by atoms with Gasteiger partial charge in [0.1, 0.15) is 12.1 Å². The van der Waals surface area contributed by atoms with Crippen LogP contribution < -0.4 is 21.7 Å². The number of nitrogens with one attached hydrogen (secondary N) is 3. The van der Waals surface area contributed by atoms with Crippen LogP contribution >= 0.6 is 12.6 Å². The van der Waals surface area contributed by atoms with E-state index < -0.39 is 54.0 Å². The second kappa shape index (κ2) is 10.1. The lowest BCUT2D eigenvalue weighted by atomic mass is 10.1. The number of aliphatic hydroxyl groups excluding tert-OH is 1. The molecule has 5 atom stereocenters. The predicted molar refractivity (Wildman–Crippen MR) is 88.3 cm³/mol. The minimum Gasteiger partial charge on any atom is -0.480 e. The van der Waals surface area contributed by atoms with E-state index in [4.69, 9.17) is 10.8 Å². The van der Waals surface area contributed by atoms with Gasteiger partial charge in [-0.3, -0.25) is 14.4 Å². The summed E-state index contributed by atoms with van der Waals surface area (Å²) in [6.07, 6.45) is -1.33. The number of carbonyl (C=O) groups excluding carboxylic acids is 3. The number of rotatable bonds is 9. The normalized spacial score (nSPS) is 16.9. The van der Waals surface area contributed by atoms with Crippen LogP contribution in [0.15, 0.2) is 0 Å². The van der Waals surface area contributed by atoms with Crippen molar-refractivity contribution < 1.29 is 29.4 Å². The molecule has 3 amide bonds. The molecule has 0 spiro atoms. The Kier molecular flexibility index (Phi) is 9.33. The van der Waals surface area contributed by atoms with Crippen molar-refractivity contribution in [3.8, 4) is 0 Å². The van der Waals surface area contributed by atoms with Gasteiger partial charge in [0.15, 0.2) is 6.04 Å². The summed E-state index contributed by atoms with van der Waals surface area (Å²) >= 11 is 3.93. The van der Waals surface area contributed by atoms with Crippen molar-refractivity contribution in [1.29, 1.82) is 0 Å². The molecule has 0 heterocycles. The third-order valence-electron chi connectivity index (χ3n) is 3.03. The molecule has 0 aromatic rings. The van der Waals surface area contributed by atoms with E-state index in [1.165, 1.54) is 20.8 Å². The Hall–Kier alpha value is -1.85. The lowest BCUT2D eigenvalue weighted by Crippen LogP contribution is -2.58. The number of carbonyl (C=O) groups is 4. The fourth-order valence-electron chi connectivity index (χ4n) is 1.54. The van der Waals surface area contributed by atoms with Gasteiger partial charge >= 0.3 is 5.97 Å². The van der Waals surface area contributed by atoms with Crippen LogP contribution in [0.3, 0.4) is 0 Å². The van der Waals surface area contributed by atoms with Gasteiger partial charge in [-0.25, -0.2) is 4.79 Å². The first-order valence-corrected chi connectivity index (χ1v) is 7.82. The minimum absolute atomic E-state index is 0.113. The largest absolute Gasteiger partial charge is 0.480 e. The Labute approximate surface area is 144 Å². The zero-order chi connectivity index (χ0) is 19.0. The van der Waals surface area contributed by atoms with Crippen LogP contribution in [0, 0.1) is 0 Å². The molecule has 11 heteroatoms. The van der Waals surface area contributed by atoms with E-state index in [9.17, 15) is 24.3 Å². The Morgan fingerprint density at radius 2 is 1.54 bits per heavy atom. The molecular weight excluding hydrogens is 340 g/mol. The van der Waals surface area contributed by atoms with Crippen molar-refractivity contribution in [1.82, 2.24) is 16.0 Å². The summed E-state index contributed by atoms with van der Waals surface area (Å²) in [5, 5.41) is 25.1. The van der Waals surface area contributed by atoms with Gasteiger partial charge in [-0.2, -0.15) is 12.6 Å². The molecular formula is C13H24N4O6S. The van der Waals surface area contributed by atoms with Gasteiger partial charge in [-0.1, -0.05) is 0 Å². The van der Waals surface area contributed by atoms with Crippen LogP contribution in [0.1, 0.15) is 20.8 Å². The number of hydrogen-bond donors (Lipinski definition) is 7. The van der Waals surface area contributed by atoms with Gasteiger partial charge in [0.05, 0.1) is 12.1 Å². The minimum atomic E-state index is -1.52. The second-order valence-corrected chi connectivity index (χ2v) is 5.69. The third kappa shape index (κ3) is 7.15. The molecule has 24 heavy (non-hydrogen) atoms.